The third kappa shape index (κ3) is 4.25. The van der Waals surface area contributed by atoms with Crippen molar-refractivity contribution < 1.29 is 23.9 Å². The highest BCUT2D eigenvalue weighted by Crippen LogP contribution is 2.32. The molecule has 0 unspecified atom stereocenters. The van der Waals surface area contributed by atoms with E-state index in [0.29, 0.717) is 29.3 Å². The van der Waals surface area contributed by atoms with E-state index in [1.165, 1.54) is 4.90 Å². The van der Waals surface area contributed by atoms with Crippen LogP contribution in [0.5, 0.6) is 5.75 Å². The Hall–Kier alpha value is -3.35. The van der Waals surface area contributed by atoms with Crippen LogP contribution in [0, 0.1) is 6.92 Å². The van der Waals surface area contributed by atoms with E-state index in [4.69, 9.17) is 9.47 Å². The number of ether oxygens (including phenoxy) is 2. The first-order valence-electron chi connectivity index (χ1n) is 8.59. The van der Waals surface area contributed by atoms with Gasteiger partial charge in [0.2, 0.25) is 5.91 Å². The molecule has 2 amide bonds. The molecule has 0 saturated carbocycles. The van der Waals surface area contributed by atoms with Gasteiger partial charge in [0.15, 0.2) is 6.61 Å². The Labute approximate surface area is 156 Å². The van der Waals surface area contributed by atoms with Crippen molar-refractivity contribution >= 4 is 29.2 Å². The van der Waals surface area contributed by atoms with Gasteiger partial charge >= 0.3 is 5.97 Å². The maximum absolute atomic E-state index is 12.4. The van der Waals surface area contributed by atoms with Crippen LogP contribution in [0.4, 0.5) is 11.4 Å². The quantitative estimate of drug-likeness (QED) is 0.820. The van der Waals surface area contributed by atoms with Crippen molar-refractivity contribution in [3.05, 3.63) is 53.6 Å². The third-order valence-electron chi connectivity index (χ3n) is 4.04. The molecule has 0 atom stereocenters. The normalized spacial score (nSPS) is 12.8. The molecule has 1 N–H and O–H groups in total. The number of carbonyl (C=O) groups is 3. The predicted molar refractivity (Wildman–Crippen MR) is 100 cm³/mol. The molecule has 27 heavy (non-hydrogen) atoms. The Kier molecular flexibility index (Phi) is 5.40. The number of nitrogens with zero attached hydrogens (tertiary/aromatic N) is 1. The number of anilines is 2. The van der Waals surface area contributed by atoms with Gasteiger partial charge in [-0.3, -0.25) is 14.5 Å². The standard InChI is InChI=1S/C20H20N2O5/c1-3-26-20(25)14-5-7-15(8-6-14)21-18(23)11-22-16-9-4-13(2)10-17(16)27-12-19(22)24/h4-10H,3,11-12H2,1-2H3,(H,21,23). The van der Waals surface area contributed by atoms with Crippen LogP contribution in [-0.4, -0.2) is 37.5 Å². The summed E-state index contributed by atoms with van der Waals surface area (Å²) in [5.74, 6) is -0.456. The first kappa shape index (κ1) is 18.4. The SMILES string of the molecule is CCOC(=O)c1ccc(NC(=O)CN2C(=O)COc3cc(C)ccc32)cc1. The highest BCUT2D eigenvalue weighted by molar-refractivity contribution is 6.05. The van der Waals surface area contributed by atoms with E-state index in [2.05, 4.69) is 5.32 Å². The second-order valence-corrected chi connectivity index (χ2v) is 6.09. The Bertz CT molecular complexity index is 876. The Morgan fingerprint density at radius 3 is 2.63 bits per heavy atom. The number of amides is 2. The van der Waals surface area contributed by atoms with Gasteiger partial charge in [-0.2, -0.15) is 0 Å². The van der Waals surface area contributed by atoms with Gasteiger partial charge in [0.05, 0.1) is 17.9 Å². The van der Waals surface area contributed by atoms with E-state index in [-0.39, 0.29) is 25.0 Å². The lowest BCUT2D eigenvalue weighted by atomic mass is 10.1. The summed E-state index contributed by atoms with van der Waals surface area (Å²) in [6.45, 7) is 3.73. The van der Waals surface area contributed by atoms with Crippen LogP contribution in [0.3, 0.4) is 0 Å². The van der Waals surface area contributed by atoms with E-state index >= 15 is 0 Å². The van der Waals surface area contributed by atoms with Crippen LogP contribution in [-0.2, 0) is 14.3 Å². The van der Waals surface area contributed by atoms with Crippen molar-refractivity contribution in [2.24, 2.45) is 0 Å². The van der Waals surface area contributed by atoms with Crippen LogP contribution in [0.15, 0.2) is 42.5 Å². The number of nitrogens with one attached hydrogen (secondary N) is 1. The molecule has 0 radical (unpaired) electrons. The number of fused-ring (bicyclic) bond motifs is 1. The first-order valence-corrected chi connectivity index (χ1v) is 8.59. The monoisotopic (exact) mass is 368 g/mol. The molecule has 7 nitrogen and oxygen atoms in total. The Balaban J connectivity index is 1.67. The molecule has 0 bridgehead atoms. The van der Waals surface area contributed by atoms with Crippen molar-refractivity contribution in [2.45, 2.75) is 13.8 Å². The fourth-order valence-corrected chi connectivity index (χ4v) is 2.73. The number of aryl methyl sites for hydroxylation is 1. The van der Waals surface area contributed by atoms with Crippen LogP contribution < -0.4 is 15.0 Å². The maximum atomic E-state index is 12.4. The molecular formula is C20H20N2O5. The summed E-state index contributed by atoms with van der Waals surface area (Å²) in [4.78, 5) is 37.6. The molecule has 1 aliphatic heterocycles. The molecule has 0 aliphatic carbocycles. The van der Waals surface area contributed by atoms with Gasteiger partial charge in [-0.25, -0.2) is 4.79 Å². The molecule has 2 aromatic carbocycles. The van der Waals surface area contributed by atoms with Crippen LogP contribution in [0.2, 0.25) is 0 Å². The number of rotatable bonds is 5. The Morgan fingerprint density at radius 1 is 1.19 bits per heavy atom. The predicted octanol–water partition coefficient (Wildman–Crippen LogP) is 2.54. The van der Waals surface area contributed by atoms with Crippen molar-refractivity contribution in [3.63, 3.8) is 0 Å². The smallest absolute Gasteiger partial charge is 0.338 e. The molecule has 0 aromatic heterocycles. The van der Waals surface area contributed by atoms with Gasteiger partial charge in [-0.05, 0) is 55.8 Å². The highest BCUT2D eigenvalue weighted by Gasteiger charge is 2.27. The summed E-state index contributed by atoms with van der Waals surface area (Å²) in [7, 11) is 0. The summed E-state index contributed by atoms with van der Waals surface area (Å²) in [5.41, 5.74) is 2.51. The van der Waals surface area contributed by atoms with Gasteiger partial charge in [0.25, 0.3) is 5.91 Å². The van der Waals surface area contributed by atoms with Gasteiger partial charge in [0.1, 0.15) is 12.3 Å². The minimum Gasteiger partial charge on any atom is -0.482 e. The maximum Gasteiger partial charge on any atom is 0.338 e. The van der Waals surface area contributed by atoms with Crippen LogP contribution >= 0.6 is 0 Å². The third-order valence-corrected chi connectivity index (χ3v) is 4.04. The summed E-state index contributed by atoms with van der Waals surface area (Å²) < 4.78 is 10.4. The second kappa shape index (κ2) is 7.90. The lowest BCUT2D eigenvalue weighted by Crippen LogP contribution is -2.43. The number of benzene rings is 2. The van der Waals surface area contributed by atoms with Crippen molar-refractivity contribution in [1.29, 1.82) is 0 Å². The van der Waals surface area contributed by atoms with E-state index in [9.17, 15) is 14.4 Å². The summed E-state index contributed by atoms with van der Waals surface area (Å²) in [6.07, 6.45) is 0. The molecule has 1 aliphatic rings. The number of carbonyl (C=O) groups excluding carboxylic acids is 3. The molecule has 1 heterocycles. The zero-order chi connectivity index (χ0) is 19.4. The zero-order valence-corrected chi connectivity index (χ0v) is 15.2. The van der Waals surface area contributed by atoms with E-state index < -0.39 is 5.97 Å². The van der Waals surface area contributed by atoms with Crippen molar-refractivity contribution in [3.8, 4) is 5.75 Å². The molecule has 0 fully saturated rings. The minimum absolute atomic E-state index is 0.0992. The van der Waals surface area contributed by atoms with E-state index in [1.807, 2.05) is 19.1 Å². The summed E-state index contributed by atoms with van der Waals surface area (Å²) in [5, 5.41) is 2.72. The van der Waals surface area contributed by atoms with Gasteiger partial charge < -0.3 is 14.8 Å². The zero-order valence-electron chi connectivity index (χ0n) is 15.2. The summed E-state index contributed by atoms with van der Waals surface area (Å²) in [6, 6.07) is 11.8. The average Bonchev–Trinajstić information content (AvgIpc) is 2.65. The molecule has 140 valence electrons. The van der Waals surface area contributed by atoms with Crippen molar-refractivity contribution in [1.82, 2.24) is 0 Å². The molecule has 2 aromatic rings. The molecule has 0 spiro atoms. The highest BCUT2D eigenvalue weighted by atomic mass is 16.5. The topological polar surface area (TPSA) is 84.9 Å². The molecular weight excluding hydrogens is 348 g/mol. The molecule has 0 saturated heterocycles. The Morgan fingerprint density at radius 2 is 1.93 bits per heavy atom. The second-order valence-electron chi connectivity index (χ2n) is 6.09. The largest absolute Gasteiger partial charge is 0.482 e. The van der Waals surface area contributed by atoms with E-state index in [1.54, 1.807) is 37.3 Å². The fourth-order valence-electron chi connectivity index (χ4n) is 2.73. The number of hydrogen-bond acceptors (Lipinski definition) is 5. The van der Waals surface area contributed by atoms with Crippen molar-refractivity contribution in [2.75, 3.05) is 30.0 Å². The number of hydrogen-bond donors (Lipinski definition) is 1. The lowest BCUT2D eigenvalue weighted by Gasteiger charge is -2.29. The van der Waals surface area contributed by atoms with E-state index in [0.717, 1.165) is 5.56 Å². The molecule has 3 rings (SSSR count). The average molecular weight is 368 g/mol. The number of esters is 1. The fraction of sp³-hybridized carbons (Fsp3) is 0.250. The minimum atomic E-state index is -0.416. The lowest BCUT2D eigenvalue weighted by molar-refractivity contribution is -0.123. The van der Waals surface area contributed by atoms with Gasteiger partial charge in [-0.1, -0.05) is 6.07 Å². The van der Waals surface area contributed by atoms with Gasteiger partial charge in [-0.15, -0.1) is 0 Å². The van der Waals surface area contributed by atoms with Crippen LogP contribution in [0.25, 0.3) is 0 Å². The summed E-state index contributed by atoms with van der Waals surface area (Å²) >= 11 is 0. The van der Waals surface area contributed by atoms with Crippen LogP contribution in [0.1, 0.15) is 22.8 Å². The molecule has 7 heteroatoms. The first-order chi connectivity index (χ1) is 13.0. The van der Waals surface area contributed by atoms with Gasteiger partial charge in [0, 0.05) is 5.69 Å².